The van der Waals surface area contributed by atoms with Gasteiger partial charge in [0.2, 0.25) is 10.0 Å². The first-order chi connectivity index (χ1) is 9.10. The minimum Gasteiger partial charge on any atom is -0.383 e. The van der Waals surface area contributed by atoms with Gasteiger partial charge in [-0.15, -0.1) is 0 Å². The number of unbranched alkanes of at least 4 members (excludes halogenated alkanes) is 1. The quantitative estimate of drug-likeness (QED) is 0.646. The highest BCUT2D eigenvalue weighted by atomic mass is 32.2. The number of sulfonamides is 1. The second-order valence-corrected chi connectivity index (χ2v) is 7.30. The second-order valence-electron chi connectivity index (χ2n) is 5.21. The van der Waals surface area contributed by atoms with Gasteiger partial charge in [0.15, 0.2) is 0 Å². The average molecular weight is 292 g/mol. The molecule has 1 N–H and O–H groups in total. The monoisotopic (exact) mass is 292 g/mol. The van der Waals surface area contributed by atoms with Crippen LogP contribution in [-0.2, 0) is 14.8 Å². The third-order valence-corrected chi connectivity index (χ3v) is 5.60. The highest BCUT2D eigenvalue weighted by Crippen LogP contribution is 2.19. The number of hydrogen-bond acceptors (Lipinski definition) is 4. The molecule has 1 heterocycles. The van der Waals surface area contributed by atoms with Crippen LogP contribution in [0, 0.1) is 5.92 Å². The number of rotatable bonds is 9. The van der Waals surface area contributed by atoms with E-state index in [-0.39, 0.29) is 0 Å². The fraction of sp³-hybridized carbons (Fsp3) is 1.00. The van der Waals surface area contributed by atoms with Crippen LogP contribution in [0.25, 0.3) is 0 Å². The molecular weight excluding hydrogens is 264 g/mol. The summed E-state index contributed by atoms with van der Waals surface area (Å²) in [7, 11) is -1.31. The molecule has 5 nitrogen and oxygen atoms in total. The van der Waals surface area contributed by atoms with E-state index in [1.54, 1.807) is 11.4 Å². The largest absolute Gasteiger partial charge is 0.383 e. The highest BCUT2D eigenvalue weighted by Gasteiger charge is 2.27. The van der Waals surface area contributed by atoms with Crippen molar-refractivity contribution >= 4 is 10.0 Å². The van der Waals surface area contributed by atoms with Crippen LogP contribution in [0.2, 0.25) is 0 Å². The lowest BCUT2D eigenvalue weighted by Gasteiger charge is -2.31. The van der Waals surface area contributed by atoms with Gasteiger partial charge >= 0.3 is 0 Å². The van der Waals surface area contributed by atoms with Gasteiger partial charge in [-0.25, -0.2) is 12.7 Å². The van der Waals surface area contributed by atoms with Gasteiger partial charge in [0.25, 0.3) is 0 Å². The van der Waals surface area contributed by atoms with E-state index in [1.807, 2.05) is 6.92 Å². The maximum absolute atomic E-state index is 12.0. The van der Waals surface area contributed by atoms with Crippen LogP contribution in [0.1, 0.15) is 32.6 Å². The van der Waals surface area contributed by atoms with E-state index in [4.69, 9.17) is 4.74 Å². The third-order valence-electron chi connectivity index (χ3n) is 3.64. The summed E-state index contributed by atoms with van der Waals surface area (Å²) in [5.74, 6) is 0.898. The predicted octanol–water partition coefficient (Wildman–Crippen LogP) is 1.06. The number of nitrogens with one attached hydrogen (secondary N) is 1. The van der Waals surface area contributed by atoms with Crippen molar-refractivity contribution in [2.24, 2.45) is 5.92 Å². The maximum Gasteiger partial charge on any atom is 0.214 e. The summed E-state index contributed by atoms with van der Waals surface area (Å²) in [5.41, 5.74) is 0. The molecule has 1 saturated heterocycles. The maximum atomic E-state index is 12.0. The van der Waals surface area contributed by atoms with Crippen molar-refractivity contribution in [3.8, 4) is 0 Å². The average Bonchev–Trinajstić information content (AvgIpc) is 2.42. The van der Waals surface area contributed by atoms with Gasteiger partial charge in [-0.05, 0) is 31.7 Å². The van der Waals surface area contributed by atoms with Gasteiger partial charge in [-0.3, -0.25) is 0 Å². The molecule has 0 aliphatic carbocycles. The van der Waals surface area contributed by atoms with Crippen molar-refractivity contribution in [3.63, 3.8) is 0 Å². The van der Waals surface area contributed by atoms with Crippen LogP contribution in [0.5, 0.6) is 0 Å². The molecule has 0 radical (unpaired) electrons. The number of ether oxygens (including phenoxy) is 1. The molecule has 0 atom stereocenters. The normalized spacial score (nSPS) is 18.8. The summed E-state index contributed by atoms with van der Waals surface area (Å²) in [6, 6.07) is 0. The smallest absolute Gasteiger partial charge is 0.214 e. The first-order valence-corrected chi connectivity index (χ1v) is 8.88. The van der Waals surface area contributed by atoms with Crippen molar-refractivity contribution in [3.05, 3.63) is 0 Å². The van der Waals surface area contributed by atoms with Crippen molar-refractivity contribution in [2.75, 3.05) is 45.6 Å². The van der Waals surface area contributed by atoms with Crippen LogP contribution < -0.4 is 5.32 Å². The molecule has 1 aliphatic rings. The Kier molecular flexibility index (Phi) is 7.90. The fourth-order valence-electron chi connectivity index (χ4n) is 2.33. The Balaban J connectivity index is 2.24. The Morgan fingerprint density at radius 2 is 2.00 bits per heavy atom. The summed E-state index contributed by atoms with van der Waals surface area (Å²) < 4.78 is 30.7. The topological polar surface area (TPSA) is 58.6 Å². The van der Waals surface area contributed by atoms with E-state index in [2.05, 4.69) is 5.32 Å². The lowest BCUT2D eigenvalue weighted by Crippen LogP contribution is -2.42. The van der Waals surface area contributed by atoms with Gasteiger partial charge in [-0.2, -0.15) is 0 Å². The number of piperidine rings is 1. The second kappa shape index (κ2) is 8.89. The van der Waals surface area contributed by atoms with Gasteiger partial charge in [0, 0.05) is 26.7 Å². The lowest BCUT2D eigenvalue weighted by molar-refractivity contribution is 0.194. The Hall–Kier alpha value is -0.170. The Bertz CT molecular complexity index is 325. The molecule has 1 fully saturated rings. The van der Waals surface area contributed by atoms with Crippen molar-refractivity contribution in [2.45, 2.75) is 32.6 Å². The van der Waals surface area contributed by atoms with Crippen molar-refractivity contribution < 1.29 is 13.2 Å². The van der Waals surface area contributed by atoms with Crippen LogP contribution in [0.15, 0.2) is 0 Å². The van der Waals surface area contributed by atoms with Crippen molar-refractivity contribution in [1.82, 2.24) is 9.62 Å². The first kappa shape index (κ1) is 16.9. The summed E-state index contributed by atoms with van der Waals surface area (Å²) in [4.78, 5) is 0. The molecule has 1 aliphatic heterocycles. The molecular formula is C13H28N2O3S. The molecule has 0 bridgehead atoms. The third kappa shape index (κ3) is 6.21. The van der Waals surface area contributed by atoms with E-state index in [0.717, 1.165) is 45.4 Å². The van der Waals surface area contributed by atoms with E-state index in [9.17, 15) is 8.42 Å². The zero-order valence-corrected chi connectivity index (χ0v) is 13.0. The first-order valence-electron chi connectivity index (χ1n) is 7.27. The van der Waals surface area contributed by atoms with Crippen molar-refractivity contribution in [1.29, 1.82) is 0 Å². The molecule has 19 heavy (non-hydrogen) atoms. The van der Waals surface area contributed by atoms with E-state index in [1.165, 1.54) is 0 Å². The zero-order valence-electron chi connectivity index (χ0n) is 12.2. The number of hydrogen-bond donors (Lipinski definition) is 1. The summed E-state index contributed by atoms with van der Waals surface area (Å²) >= 11 is 0. The molecule has 114 valence electrons. The number of methoxy groups -OCH3 is 1. The summed E-state index contributed by atoms with van der Waals surface area (Å²) in [5, 5.41) is 3.35. The standard InChI is InChI=1S/C13H28N2O3S/c1-3-4-11-19(16,17)15-8-5-13(6-9-15)12-14-7-10-18-2/h13-14H,3-12H2,1-2H3. The molecule has 0 saturated carbocycles. The van der Waals surface area contributed by atoms with Crippen LogP contribution >= 0.6 is 0 Å². The minimum atomic E-state index is -3.01. The van der Waals surface area contributed by atoms with Gasteiger partial charge in [-0.1, -0.05) is 13.3 Å². The predicted molar refractivity (Wildman–Crippen MR) is 77.7 cm³/mol. The van der Waals surface area contributed by atoms with Crippen LogP contribution in [-0.4, -0.2) is 58.4 Å². The highest BCUT2D eigenvalue weighted by molar-refractivity contribution is 7.89. The Labute approximate surface area is 117 Å². The van der Waals surface area contributed by atoms with E-state index < -0.39 is 10.0 Å². The van der Waals surface area contributed by atoms with Crippen LogP contribution in [0.4, 0.5) is 0 Å². The molecule has 0 unspecified atom stereocenters. The molecule has 0 amide bonds. The fourth-order valence-corrected chi connectivity index (χ4v) is 4.01. The summed E-state index contributed by atoms with van der Waals surface area (Å²) in [6.45, 7) is 5.95. The zero-order chi connectivity index (χ0) is 14.1. The molecule has 0 aromatic rings. The molecule has 0 aromatic carbocycles. The molecule has 0 aromatic heterocycles. The minimum absolute atomic E-state index is 0.306. The molecule has 1 rings (SSSR count). The Morgan fingerprint density at radius 3 is 2.58 bits per heavy atom. The van der Waals surface area contributed by atoms with Gasteiger partial charge in [0.05, 0.1) is 12.4 Å². The molecule has 6 heteroatoms. The lowest BCUT2D eigenvalue weighted by atomic mass is 9.98. The van der Waals surface area contributed by atoms with Gasteiger partial charge in [0.1, 0.15) is 0 Å². The summed E-state index contributed by atoms with van der Waals surface area (Å²) in [6.07, 6.45) is 3.62. The SMILES string of the molecule is CCCCS(=O)(=O)N1CCC(CNCCOC)CC1. The van der Waals surface area contributed by atoms with E-state index >= 15 is 0 Å². The van der Waals surface area contributed by atoms with Crippen LogP contribution in [0.3, 0.4) is 0 Å². The number of nitrogens with zero attached hydrogens (tertiary/aromatic N) is 1. The van der Waals surface area contributed by atoms with E-state index in [0.29, 0.717) is 24.8 Å². The van der Waals surface area contributed by atoms with Gasteiger partial charge < -0.3 is 10.1 Å². The molecule has 0 spiro atoms. The Morgan fingerprint density at radius 1 is 1.32 bits per heavy atom.